The molecule has 2 aliphatic heterocycles. The average molecular weight is 760 g/mol. The summed E-state index contributed by atoms with van der Waals surface area (Å²) in [6, 6.07) is -0.915. The quantitative estimate of drug-likeness (QED) is 0.0432. The van der Waals surface area contributed by atoms with Gasteiger partial charge in [0.15, 0.2) is 12.6 Å². The second kappa shape index (κ2) is 27.7. The van der Waals surface area contributed by atoms with Crippen LogP contribution < -0.4 is 5.32 Å². The lowest BCUT2D eigenvalue weighted by molar-refractivity contribution is -0.359. The Kier molecular flexibility index (Phi) is 24.8. The van der Waals surface area contributed by atoms with E-state index in [1.807, 2.05) is 6.08 Å². The van der Waals surface area contributed by atoms with E-state index in [1.54, 1.807) is 6.08 Å². The smallest absolute Gasteiger partial charge is 0.220 e. The number of hydrogen-bond acceptors (Lipinski definition) is 13. The van der Waals surface area contributed by atoms with Crippen LogP contribution in [0.4, 0.5) is 0 Å². The normalized spacial score (nSPS) is 30.8. The van der Waals surface area contributed by atoms with E-state index in [0.717, 1.165) is 83.5 Å². The van der Waals surface area contributed by atoms with Crippen molar-refractivity contribution < 1.29 is 64.6 Å². The summed E-state index contributed by atoms with van der Waals surface area (Å²) in [5.41, 5.74) is 0. The Balaban J connectivity index is 1.92. The van der Waals surface area contributed by atoms with Gasteiger partial charge in [0.05, 0.1) is 32.0 Å². The van der Waals surface area contributed by atoms with E-state index in [0.29, 0.717) is 6.42 Å². The van der Waals surface area contributed by atoms with Crippen LogP contribution in [0.5, 0.6) is 0 Å². The van der Waals surface area contributed by atoms with Crippen molar-refractivity contribution in [2.75, 3.05) is 19.8 Å². The van der Waals surface area contributed by atoms with Crippen molar-refractivity contribution in [1.29, 1.82) is 0 Å². The van der Waals surface area contributed by atoms with Gasteiger partial charge in [-0.05, 0) is 44.9 Å². The first-order chi connectivity index (χ1) is 25.6. The van der Waals surface area contributed by atoms with Gasteiger partial charge >= 0.3 is 0 Å². The summed E-state index contributed by atoms with van der Waals surface area (Å²) in [5.74, 6) is -0.264. The Morgan fingerprint density at radius 3 is 1.96 bits per heavy atom. The van der Waals surface area contributed by atoms with Gasteiger partial charge in [0.2, 0.25) is 5.91 Å². The van der Waals surface area contributed by atoms with Crippen molar-refractivity contribution in [2.24, 2.45) is 0 Å². The lowest BCUT2D eigenvalue weighted by atomic mass is 9.97. The second-order valence-electron chi connectivity index (χ2n) is 14.1. The van der Waals surface area contributed by atoms with Crippen LogP contribution in [0.25, 0.3) is 0 Å². The molecule has 14 heteroatoms. The molecule has 0 aromatic heterocycles. The fraction of sp³-hybridized carbons (Fsp3) is 0.821. The molecule has 2 heterocycles. The molecular weight excluding hydrogens is 690 g/mol. The van der Waals surface area contributed by atoms with E-state index in [4.69, 9.17) is 18.9 Å². The Labute approximate surface area is 315 Å². The molecular formula is C39H69NO13. The molecule has 0 aliphatic carbocycles. The minimum Gasteiger partial charge on any atom is -0.394 e. The van der Waals surface area contributed by atoms with E-state index in [2.05, 4.69) is 43.5 Å². The van der Waals surface area contributed by atoms with Crippen molar-refractivity contribution in [1.82, 2.24) is 5.32 Å². The fourth-order valence-electron chi connectivity index (χ4n) is 6.21. The average Bonchev–Trinajstić information content (AvgIpc) is 3.15. The molecule has 0 spiro atoms. The maximum absolute atomic E-state index is 13.0. The van der Waals surface area contributed by atoms with Gasteiger partial charge in [-0.15, -0.1) is 0 Å². The standard InChI is InChI=1S/C39H69NO13/c1-3-5-7-9-11-12-13-14-15-16-17-19-21-23-31(44)40-27(28(43)22-20-18-10-8-6-4-2)26-50-38-36(49)34(47)37(30(25-42)52-38)53-39-35(48)33(46)32(45)29(24-41)51-39/h7,9,12-13,20,22,27-30,32-39,41-43,45-49H,3-6,8,10-11,14-19,21,23-26H2,1-2H3,(H,40,44)/b9-7-,13-12-,22-20+. The number of unbranched alkanes of at least 4 members (excludes halogenated alkanes) is 10. The molecule has 0 saturated carbocycles. The van der Waals surface area contributed by atoms with Crippen LogP contribution in [0.2, 0.25) is 0 Å². The van der Waals surface area contributed by atoms with E-state index in [1.165, 1.54) is 0 Å². The first-order valence-corrected chi connectivity index (χ1v) is 19.7. The fourth-order valence-corrected chi connectivity index (χ4v) is 6.21. The van der Waals surface area contributed by atoms with Crippen LogP contribution in [0.15, 0.2) is 36.5 Å². The highest BCUT2D eigenvalue weighted by Gasteiger charge is 2.50. The Bertz CT molecular complexity index is 1040. The van der Waals surface area contributed by atoms with Crippen molar-refractivity contribution in [3.8, 4) is 0 Å². The molecule has 12 atom stereocenters. The van der Waals surface area contributed by atoms with E-state index in [-0.39, 0.29) is 18.9 Å². The zero-order valence-electron chi connectivity index (χ0n) is 31.7. The number of amides is 1. The number of allylic oxidation sites excluding steroid dienone is 5. The van der Waals surface area contributed by atoms with Crippen LogP contribution in [0, 0.1) is 0 Å². The summed E-state index contributed by atoms with van der Waals surface area (Å²) < 4.78 is 22.4. The highest BCUT2D eigenvalue weighted by atomic mass is 16.7. The summed E-state index contributed by atoms with van der Waals surface area (Å²) in [4.78, 5) is 13.0. The summed E-state index contributed by atoms with van der Waals surface area (Å²) >= 11 is 0. The second-order valence-corrected chi connectivity index (χ2v) is 14.1. The van der Waals surface area contributed by atoms with E-state index < -0.39 is 86.8 Å². The summed E-state index contributed by atoms with van der Waals surface area (Å²) in [6.45, 7) is 2.56. The van der Waals surface area contributed by atoms with Crippen LogP contribution in [-0.4, -0.2) is 140 Å². The van der Waals surface area contributed by atoms with Crippen LogP contribution in [-0.2, 0) is 23.7 Å². The molecule has 9 N–H and O–H groups in total. The van der Waals surface area contributed by atoms with Crippen molar-refractivity contribution >= 4 is 5.91 Å². The van der Waals surface area contributed by atoms with Crippen molar-refractivity contribution in [3.05, 3.63) is 36.5 Å². The maximum Gasteiger partial charge on any atom is 0.220 e. The van der Waals surface area contributed by atoms with Gasteiger partial charge in [-0.1, -0.05) is 95.2 Å². The summed E-state index contributed by atoms with van der Waals surface area (Å²) in [7, 11) is 0. The Hall–Kier alpha value is -1.79. The van der Waals surface area contributed by atoms with Gasteiger partial charge in [-0.3, -0.25) is 4.79 Å². The molecule has 2 rings (SSSR count). The maximum atomic E-state index is 13.0. The molecule has 0 radical (unpaired) electrons. The van der Waals surface area contributed by atoms with Gasteiger partial charge in [-0.25, -0.2) is 0 Å². The first-order valence-electron chi connectivity index (χ1n) is 19.7. The summed E-state index contributed by atoms with van der Waals surface area (Å²) in [5, 5.41) is 85.8. The third-order valence-corrected chi connectivity index (χ3v) is 9.55. The number of aliphatic hydroxyl groups is 8. The van der Waals surface area contributed by atoms with Crippen LogP contribution >= 0.6 is 0 Å². The van der Waals surface area contributed by atoms with Gasteiger partial charge < -0.3 is 65.1 Å². The molecule has 12 unspecified atom stereocenters. The van der Waals surface area contributed by atoms with E-state index in [9.17, 15) is 45.6 Å². The molecule has 0 aromatic carbocycles. The van der Waals surface area contributed by atoms with Gasteiger partial charge in [0, 0.05) is 6.42 Å². The van der Waals surface area contributed by atoms with Crippen LogP contribution in [0.1, 0.15) is 110 Å². The largest absolute Gasteiger partial charge is 0.394 e. The molecule has 53 heavy (non-hydrogen) atoms. The molecule has 0 aromatic rings. The highest BCUT2D eigenvalue weighted by Crippen LogP contribution is 2.29. The topological polar surface area (TPSA) is 228 Å². The Morgan fingerprint density at radius 2 is 1.28 bits per heavy atom. The zero-order valence-corrected chi connectivity index (χ0v) is 31.7. The number of carbonyl (C=O) groups excluding carboxylic acids is 1. The Morgan fingerprint density at radius 1 is 0.679 bits per heavy atom. The lowest BCUT2D eigenvalue weighted by Gasteiger charge is -2.46. The third kappa shape index (κ3) is 17.3. The third-order valence-electron chi connectivity index (χ3n) is 9.55. The highest BCUT2D eigenvalue weighted by molar-refractivity contribution is 5.76. The van der Waals surface area contributed by atoms with Crippen molar-refractivity contribution in [2.45, 2.75) is 184 Å². The van der Waals surface area contributed by atoms with Crippen LogP contribution in [0.3, 0.4) is 0 Å². The zero-order chi connectivity index (χ0) is 39.0. The monoisotopic (exact) mass is 759 g/mol. The molecule has 0 bridgehead atoms. The number of rotatable bonds is 27. The molecule has 2 fully saturated rings. The van der Waals surface area contributed by atoms with Crippen molar-refractivity contribution in [3.63, 3.8) is 0 Å². The molecule has 308 valence electrons. The molecule has 14 nitrogen and oxygen atoms in total. The number of aliphatic hydroxyl groups excluding tert-OH is 8. The molecule has 1 amide bonds. The lowest BCUT2D eigenvalue weighted by Crippen LogP contribution is -2.65. The minimum absolute atomic E-state index is 0.263. The predicted molar refractivity (Wildman–Crippen MR) is 198 cm³/mol. The van der Waals surface area contributed by atoms with E-state index >= 15 is 0 Å². The minimum atomic E-state index is -1.79. The number of nitrogens with one attached hydrogen (secondary N) is 1. The summed E-state index contributed by atoms with van der Waals surface area (Å²) in [6.07, 6.45) is 9.60. The SMILES string of the molecule is CCC/C=C\C/C=C\CCCCCCCC(=O)NC(COC1OC(CO)C(OC2OC(CO)C(O)C(O)C2O)C(O)C1O)C(O)/C=C/CCCCCC. The van der Waals surface area contributed by atoms with Gasteiger partial charge in [0.1, 0.15) is 48.8 Å². The number of carbonyl (C=O) groups is 1. The molecule has 2 saturated heterocycles. The number of hydrogen-bond donors (Lipinski definition) is 9. The first kappa shape index (κ1) is 47.4. The van der Waals surface area contributed by atoms with Gasteiger partial charge in [-0.2, -0.15) is 0 Å². The molecule has 2 aliphatic rings. The predicted octanol–water partition coefficient (Wildman–Crippen LogP) is 2.03. The number of ether oxygens (including phenoxy) is 4. The van der Waals surface area contributed by atoms with Gasteiger partial charge in [0.25, 0.3) is 0 Å².